The summed E-state index contributed by atoms with van der Waals surface area (Å²) < 4.78 is 0.894. The monoisotopic (exact) mass is 268 g/mol. The predicted molar refractivity (Wildman–Crippen MR) is 58.2 cm³/mol. The number of halogens is 1. The summed E-state index contributed by atoms with van der Waals surface area (Å²) in [6.07, 6.45) is 0.272. The Labute approximate surface area is 95.2 Å². The van der Waals surface area contributed by atoms with Gasteiger partial charge in [0.25, 0.3) is 0 Å². The maximum absolute atomic E-state index is 11.2. The molecule has 4 nitrogen and oxygen atoms in total. The van der Waals surface area contributed by atoms with E-state index in [1.54, 1.807) is 0 Å². The van der Waals surface area contributed by atoms with E-state index in [0.717, 1.165) is 10.0 Å². The van der Waals surface area contributed by atoms with Crippen molar-refractivity contribution in [3.8, 4) is 0 Å². The number of imide groups is 1. The van der Waals surface area contributed by atoms with E-state index in [1.165, 1.54) is 0 Å². The van der Waals surface area contributed by atoms with Crippen LogP contribution >= 0.6 is 15.9 Å². The van der Waals surface area contributed by atoms with Crippen LogP contribution in [0.15, 0.2) is 28.7 Å². The highest BCUT2D eigenvalue weighted by Gasteiger charge is 2.25. The minimum absolute atomic E-state index is 0.248. The van der Waals surface area contributed by atoms with E-state index in [4.69, 9.17) is 0 Å². The van der Waals surface area contributed by atoms with Gasteiger partial charge >= 0.3 is 6.03 Å². The first-order valence-corrected chi connectivity index (χ1v) is 5.31. The van der Waals surface area contributed by atoms with Gasteiger partial charge in [-0.2, -0.15) is 0 Å². The summed E-state index contributed by atoms with van der Waals surface area (Å²) in [6, 6.07) is 6.84. The SMILES string of the molecule is O=C1C[C@@H](c2ccccc2Br)NC(=O)N1. The van der Waals surface area contributed by atoms with E-state index >= 15 is 0 Å². The van der Waals surface area contributed by atoms with Crippen LogP contribution in [0.2, 0.25) is 0 Å². The van der Waals surface area contributed by atoms with E-state index in [9.17, 15) is 9.59 Å². The van der Waals surface area contributed by atoms with E-state index in [2.05, 4.69) is 26.6 Å². The van der Waals surface area contributed by atoms with Crippen LogP contribution in [0.1, 0.15) is 18.0 Å². The second-order valence-corrected chi connectivity index (χ2v) is 4.15. The van der Waals surface area contributed by atoms with Crippen molar-refractivity contribution in [2.45, 2.75) is 12.5 Å². The first-order chi connectivity index (χ1) is 7.16. The number of amides is 3. The van der Waals surface area contributed by atoms with Crippen molar-refractivity contribution >= 4 is 27.9 Å². The summed E-state index contributed by atoms with van der Waals surface area (Å²) >= 11 is 3.39. The Morgan fingerprint density at radius 3 is 2.67 bits per heavy atom. The highest BCUT2D eigenvalue weighted by molar-refractivity contribution is 9.10. The molecule has 78 valence electrons. The van der Waals surface area contributed by atoms with Crippen LogP contribution in [0.5, 0.6) is 0 Å². The van der Waals surface area contributed by atoms with Gasteiger partial charge in [0.05, 0.1) is 12.5 Å². The molecule has 1 heterocycles. The van der Waals surface area contributed by atoms with Gasteiger partial charge in [-0.25, -0.2) is 4.79 Å². The van der Waals surface area contributed by atoms with Crippen molar-refractivity contribution in [2.75, 3.05) is 0 Å². The Hall–Kier alpha value is -1.36. The molecule has 15 heavy (non-hydrogen) atoms. The molecule has 3 amide bonds. The molecule has 2 rings (SSSR count). The molecule has 2 N–H and O–H groups in total. The number of rotatable bonds is 1. The molecule has 1 saturated heterocycles. The maximum atomic E-state index is 11.2. The molecule has 1 fully saturated rings. The van der Waals surface area contributed by atoms with Crippen LogP contribution in [0, 0.1) is 0 Å². The van der Waals surface area contributed by atoms with Crippen LogP contribution in [0.3, 0.4) is 0 Å². The van der Waals surface area contributed by atoms with Gasteiger partial charge in [-0.3, -0.25) is 10.1 Å². The van der Waals surface area contributed by atoms with Crippen molar-refractivity contribution < 1.29 is 9.59 Å². The molecule has 1 aromatic rings. The van der Waals surface area contributed by atoms with Crippen molar-refractivity contribution in [1.82, 2.24) is 10.6 Å². The molecular formula is C10H9BrN2O2. The second-order valence-electron chi connectivity index (χ2n) is 3.30. The molecule has 1 aliphatic heterocycles. The number of hydrogen-bond acceptors (Lipinski definition) is 2. The van der Waals surface area contributed by atoms with E-state index in [1.807, 2.05) is 24.3 Å². The second kappa shape index (κ2) is 4.02. The zero-order valence-corrected chi connectivity index (χ0v) is 9.37. The average molecular weight is 269 g/mol. The summed E-state index contributed by atoms with van der Waals surface area (Å²) in [5.41, 5.74) is 0.917. The minimum atomic E-state index is -0.438. The Balaban J connectivity index is 2.27. The normalized spacial score (nSPS) is 20.7. The maximum Gasteiger partial charge on any atom is 0.321 e. The lowest BCUT2D eigenvalue weighted by Gasteiger charge is -2.24. The quantitative estimate of drug-likeness (QED) is 0.815. The lowest BCUT2D eigenvalue weighted by Crippen LogP contribution is -2.48. The zero-order chi connectivity index (χ0) is 10.8. The van der Waals surface area contributed by atoms with Crippen LogP contribution in [0.4, 0.5) is 4.79 Å². The predicted octanol–water partition coefficient (Wildman–Crippen LogP) is 1.72. The van der Waals surface area contributed by atoms with Crippen molar-refractivity contribution in [1.29, 1.82) is 0 Å². The number of nitrogens with one attached hydrogen (secondary N) is 2. The number of benzene rings is 1. The molecule has 1 aliphatic rings. The van der Waals surface area contributed by atoms with E-state index in [0.29, 0.717) is 0 Å². The Morgan fingerprint density at radius 1 is 1.27 bits per heavy atom. The highest BCUT2D eigenvalue weighted by Crippen LogP contribution is 2.26. The van der Waals surface area contributed by atoms with Crippen molar-refractivity contribution in [3.63, 3.8) is 0 Å². The fourth-order valence-corrected chi connectivity index (χ4v) is 2.11. The van der Waals surface area contributed by atoms with E-state index < -0.39 is 6.03 Å². The largest absolute Gasteiger partial charge is 0.330 e. The Kier molecular flexibility index (Phi) is 2.73. The number of urea groups is 1. The smallest absolute Gasteiger partial charge is 0.321 e. The third-order valence-corrected chi connectivity index (χ3v) is 2.95. The van der Waals surface area contributed by atoms with Crippen LogP contribution in [-0.2, 0) is 4.79 Å². The lowest BCUT2D eigenvalue weighted by molar-refractivity contribution is -0.121. The first-order valence-electron chi connectivity index (χ1n) is 4.51. The van der Waals surface area contributed by atoms with Crippen molar-refractivity contribution in [2.24, 2.45) is 0 Å². The number of hydrogen-bond donors (Lipinski definition) is 2. The molecule has 0 unspecified atom stereocenters. The fraction of sp³-hybridized carbons (Fsp3) is 0.200. The minimum Gasteiger partial charge on any atom is -0.330 e. The van der Waals surface area contributed by atoms with Gasteiger partial charge in [-0.15, -0.1) is 0 Å². The molecule has 0 bridgehead atoms. The lowest BCUT2D eigenvalue weighted by atomic mass is 10.0. The van der Waals surface area contributed by atoms with Gasteiger partial charge in [-0.05, 0) is 11.6 Å². The van der Waals surface area contributed by atoms with E-state index in [-0.39, 0.29) is 18.4 Å². The summed E-state index contributed by atoms with van der Waals surface area (Å²) in [5, 5.41) is 4.90. The average Bonchev–Trinajstić information content (AvgIpc) is 2.16. The fourth-order valence-electron chi connectivity index (χ4n) is 1.55. The van der Waals surface area contributed by atoms with Gasteiger partial charge < -0.3 is 5.32 Å². The van der Waals surface area contributed by atoms with Crippen LogP contribution in [-0.4, -0.2) is 11.9 Å². The van der Waals surface area contributed by atoms with Gasteiger partial charge in [-0.1, -0.05) is 34.1 Å². The summed E-state index contributed by atoms with van der Waals surface area (Å²) in [7, 11) is 0. The highest BCUT2D eigenvalue weighted by atomic mass is 79.9. The summed E-state index contributed by atoms with van der Waals surface area (Å²) in [5.74, 6) is -0.250. The first kappa shape index (κ1) is 10.2. The molecule has 1 aromatic carbocycles. The molecular weight excluding hydrogens is 260 g/mol. The topological polar surface area (TPSA) is 58.2 Å². The molecule has 0 radical (unpaired) electrons. The van der Waals surface area contributed by atoms with Gasteiger partial charge in [0.1, 0.15) is 0 Å². The summed E-state index contributed by atoms with van der Waals surface area (Å²) in [6.45, 7) is 0. The number of carbonyl (C=O) groups excluding carboxylic acids is 2. The number of carbonyl (C=O) groups is 2. The molecule has 0 aliphatic carbocycles. The van der Waals surface area contributed by atoms with Gasteiger partial charge in [0.15, 0.2) is 0 Å². The van der Waals surface area contributed by atoms with Gasteiger partial charge in [0.2, 0.25) is 5.91 Å². The molecule has 1 atom stereocenters. The molecule has 0 saturated carbocycles. The van der Waals surface area contributed by atoms with Gasteiger partial charge in [0, 0.05) is 4.47 Å². The van der Waals surface area contributed by atoms with Crippen molar-refractivity contribution in [3.05, 3.63) is 34.3 Å². The Morgan fingerprint density at radius 2 is 2.00 bits per heavy atom. The molecule has 0 aromatic heterocycles. The third kappa shape index (κ3) is 2.18. The third-order valence-electron chi connectivity index (χ3n) is 2.23. The zero-order valence-electron chi connectivity index (χ0n) is 7.79. The molecule has 0 spiro atoms. The Bertz CT molecular complexity index is 404. The van der Waals surface area contributed by atoms with Crippen LogP contribution < -0.4 is 10.6 Å². The summed E-state index contributed by atoms with van der Waals surface area (Å²) in [4.78, 5) is 22.3. The van der Waals surface area contributed by atoms with Crippen LogP contribution in [0.25, 0.3) is 0 Å². The molecule has 5 heteroatoms. The standard InChI is InChI=1S/C10H9BrN2O2/c11-7-4-2-1-3-6(7)8-5-9(14)13-10(15)12-8/h1-4,8H,5H2,(H2,12,13,14,15)/t8-/m0/s1.